The van der Waals surface area contributed by atoms with E-state index in [1.807, 2.05) is 24.3 Å². The standard InChI is InChI=1S/C19H23NO3S/c1-19(2,3)15-7-9-16(10-8-15)20-18(21)13-14-5-11-17(12-6-14)24(4,22)23/h5-12H,13H2,1-4H3,(H,20,21). The molecule has 2 aromatic rings. The molecule has 0 unspecified atom stereocenters. The molecule has 4 nitrogen and oxygen atoms in total. The van der Waals surface area contributed by atoms with Crippen molar-refractivity contribution in [2.45, 2.75) is 37.5 Å². The molecule has 0 saturated carbocycles. The number of hydrogen-bond acceptors (Lipinski definition) is 3. The van der Waals surface area contributed by atoms with E-state index in [1.54, 1.807) is 12.1 Å². The number of hydrogen-bond donors (Lipinski definition) is 1. The molecule has 0 aliphatic carbocycles. The van der Waals surface area contributed by atoms with Crippen molar-refractivity contribution >= 4 is 21.4 Å². The lowest BCUT2D eigenvalue weighted by Gasteiger charge is -2.19. The molecule has 2 aromatic carbocycles. The van der Waals surface area contributed by atoms with Crippen molar-refractivity contribution in [3.05, 3.63) is 59.7 Å². The van der Waals surface area contributed by atoms with Crippen LogP contribution in [0.25, 0.3) is 0 Å². The van der Waals surface area contributed by atoms with E-state index in [-0.39, 0.29) is 22.6 Å². The van der Waals surface area contributed by atoms with Gasteiger partial charge in [-0.25, -0.2) is 8.42 Å². The second kappa shape index (κ2) is 6.77. The molecule has 0 saturated heterocycles. The smallest absolute Gasteiger partial charge is 0.228 e. The van der Waals surface area contributed by atoms with E-state index >= 15 is 0 Å². The van der Waals surface area contributed by atoms with Crippen molar-refractivity contribution in [3.8, 4) is 0 Å². The van der Waals surface area contributed by atoms with E-state index in [1.165, 1.54) is 17.7 Å². The number of sulfone groups is 1. The molecule has 0 aromatic heterocycles. The predicted octanol–water partition coefficient (Wildman–Crippen LogP) is 3.57. The van der Waals surface area contributed by atoms with Crippen molar-refractivity contribution in [2.24, 2.45) is 0 Å². The number of anilines is 1. The number of rotatable bonds is 4. The Bertz CT molecular complexity index is 814. The van der Waals surface area contributed by atoms with Crippen LogP contribution in [-0.2, 0) is 26.5 Å². The minimum absolute atomic E-state index is 0.0733. The third-order valence-corrected chi connectivity index (χ3v) is 4.88. The topological polar surface area (TPSA) is 63.2 Å². The van der Waals surface area contributed by atoms with E-state index < -0.39 is 9.84 Å². The minimum Gasteiger partial charge on any atom is -0.326 e. The average molecular weight is 345 g/mol. The first kappa shape index (κ1) is 18.2. The van der Waals surface area contributed by atoms with Crippen LogP contribution in [0.5, 0.6) is 0 Å². The molecular weight excluding hydrogens is 322 g/mol. The first-order valence-corrected chi connectivity index (χ1v) is 9.64. The van der Waals surface area contributed by atoms with Crippen LogP contribution in [0.1, 0.15) is 31.9 Å². The Hall–Kier alpha value is -2.14. The molecule has 1 N–H and O–H groups in total. The van der Waals surface area contributed by atoms with Gasteiger partial charge in [-0.2, -0.15) is 0 Å². The zero-order valence-electron chi connectivity index (χ0n) is 14.5. The van der Waals surface area contributed by atoms with Gasteiger partial charge in [-0.3, -0.25) is 4.79 Å². The van der Waals surface area contributed by atoms with Crippen LogP contribution in [-0.4, -0.2) is 20.6 Å². The molecule has 1 amide bonds. The molecule has 0 spiro atoms. The fraction of sp³-hybridized carbons (Fsp3) is 0.316. The Kier molecular flexibility index (Phi) is 5.13. The van der Waals surface area contributed by atoms with Crippen LogP contribution in [0, 0.1) is 0 Å². The van der Waals surface area contributed by atoms with E-state index in [0.29, 0.717) is 0 Å². The first-order chi connectivity index (χ1) is 11.1. The maximum absolute atomic E-state index is 12.1. The normalized spacial score (nSPS) is 12.0. The van der Waals surface area contributed by atoms with Gasteiger partial charge in [-0.05, 0) is 40.8 Å². The molecule has 0 radical (unpaired) electrons. The fourth-order valence-electron chi connectivity index (χ4n) is 2.30. The van der Waals surface area contributed by atoms with Crippen molar-refractivity contribution < 1.29 is 13.2 Å². The number of amides is 1. The summed E-state index contributed by atoms with van der Waals surface area (Å²) in [6, 6.07) is 14.2. The molecule has 0 bridgehead atoms. The summed E-state index contributed by atoms with van der Waals surface area (Å²) in [7, 11) is -3.21. The molecule has 0 fully saturated rings. The van der Waals surface area contributed by atoms with Gasteiger partial charge in [0.15, 0.2) is 9.84 Å². The largest absolute Gasteiger partial charge is 0.326 e. The summed E-state index contributed by atoms with van der Waals surface area (Å²) in [6.45, 7) is 6.42. The van der Waals surface area contributed by atoms with Gasteiger partial charge in [0, 0.05) is 11.9 Å². The third kappa shape index (κ3) is 4.93. The monoisotopic (exact) mass is 345 g/mol. The van der Waals surface area contributed by atoms with Gasteiger partial charge in [0.2, 0.25) is 5.91 Å². The molecule has 24 heavy (non-hydrogen) atoms. The molecule has 0 atom stereocenters. The third-order valence-electron chi connectivity index (χ3n) is 3.75. The molecule has 2 rings (SSSR count). The van der Waals surface area contributed by atoms with Gasteiger partial charge in [0.1, 0.15) is 0 Å². The number of carbonyl (C=O) groups is 1. The molecule has 128 valence electrons. The van der Waals surface area contributed by atoms with E-state index in [9.17, 15) is 13.2 Å². The van der Waals surface area contributed by atoms with E-state index in [2.05, 4.69) is 26.1 Å². The van der Waals surface area contributed by atoms with Gasteiger partial charge in [0.05, 0.1) is 11.3 Å². The van der Waals surface area contributed by atoms with Crippen molar-refractivity contribution in [3.63, 3.8) is 0 Å². The summed E-state index contributed by atoms with van der Waals surface area (Å²) in [5.74, 6) is -0.134. The molecule has 0 heterocycles. The second-order valence-electron chi connectivity index (χ2n) is 6.97. The lowest BCUT2D eigenvalue weighted by molar-refractivity contribution is -0.115. The Morgan fingerprint density at radius 3 is 1.96 bits per heavy atom. The highest BCUT2D eigenvalue weighted by atomic mass is 32.2. The quantitative estimate of drug-likeness (QED) is 0.921. The summed E-state index contributed by atoms with van der Waals surface area (Å²) in [4.78, 5) is 12.4. The zero-order valence-corrected chi connectivity index (χ0v) is 15.3. The number of carbonyl (C=O) groups excluding carboxylic acids is 1. The van der Waals surface area contributed by atoms with Gasteiger partial charge in [0.25, 0.3) is 0 Å². The van der Waals surface area contributed by atoms with Crippen molar-refractivity contribution in [2.75, 3.05) is 11.6 Å². The molecule has 5 heteroatoms. The SMILES string of the molecule is CC(C)(C)c1ccc(NC(=O)Cc2ccc(S(C)(=O)=O)cc2)cc1. The molecule has 0 aliphatic rings. The minimum atomic E-state index is -3.21. The highest BCUT2D eigenvalue weighted by Crippen LogP contribution is 2.23. The van der Waals surface area contributed by atoms with Crippen LogP contribution < -0.4 is 5.32 Å². The summed E-state index contributed by atoms with van der Waals surface area (Å²) in [6.07, 6.45) is 1.36. The van der Waals surface area contributed by atoms with Gasteiger partial charge in [-0.15, -0.1) is 0 Å². The number of benzene rings is 2. The van der Waals surface area contributed by atoms with E-state index in [0.717, 1.165) is 17.5 Å². The lowest BCUT2D eigenvalue weighted by atomic mass is 9.87. The second-order valence-corrected chi connectivity index (χ2v) is 8.98. The average Bonchev–Trinajstić information content (AvgIpc) is 2.46. The van der Waals surface area contributed by atoms with Crippen molar-refractivity contribution in [1.29, 1.82) is 0 Å². The summed E-state index contributed by atoms with van der Waals surface area (Å²) in [5, 5.41) is 2.86. The Morgan fingerprint density at radius 1 is 0.958 bits per heavy atom. The van der Waals surface area contributed by atoms with Crippen molar-refractivity contribution in [1.82, 2.24) is 0 Å². The predicted molar refractivity (Wildman–Crippen MR) is 97.0 cm³/mol. The van der Waals surface area contributed by atoms with Gasteiger partial charge < -0.3 is 5.32 Å². The van der Waals surface area contributed by atoms with Crippen LogP contribution in [0.2, 0.25) is 0 Å². The van der Waals surface area contributed by atoms with Crippen LogP contribution >= 0.6 is 0 Å². The zero-order chi connectivity index (χ0) is 18.0. The van der Waals surface area contributed by atoms with Crippen LogP contribution in [0.4, 0.5) is 5.69 Å². The number of nitrogens with one attached hydrogen (secondary N) is 1. The maximum Gasteiger partial charge on any atom is 0.228 e. The highest BCUT2D eigenvalue weighted by molar-refractivity contribution is 7.90. The Morgan fingerprint density at radius 2 is 1.50 bits per heavy atom. The van der Waals surface area contributed by atoms with Crippen LogP contribution in [0.3, 0.4) is 0 Å². The lowest BCUT2D eigenvalue weighted by Crippen LogP contribution is -2.15. The highest BCUT2D eigenvalue weighted by Gasteiger charge is 2.13. The van der Waals surface area contributed by atoms with Gasteiger partial charge in [-0.1, -0.05) is 45.0 Å². The Labute approximate surface area is 143 Å². The van der Waals surface area contributed by atoms with Crippen LogP contribution in [0.15, 0.2) is 53.4 Å². The molecule has 0 aliphatic heterocycles. The fourth-order valence-corrected chi connectivity index (χ4v) is 2.93. The summed E-state index contributed by atoms with van der Waals surface area (Å²) >= 11 is 0. The first-order valence-electron chi connectivity index (χ1n) is 7.75. The molecular formula is C19H23NO3S. The Balaban J connectivity index is 2.00. The van der Waals surface area contributed by atoms with Gasteiger partial charge >= 0.3 is 0 Å². The summed E-state index contributed by atoms with van der Waals surface area (Å²) < 4.78 is 22.9. The summed E-state index contributed by atoms with van der Waals surface area (Å²) in [5.41, 5.74) is 2.80. The van der Waals surface area contributed by atoms with E-state index in [4.69, 9.17) is 0 Å². The maximum atomic E-state index is 12.1.